The Kier molecular flexibility index (Phi) is 3.54. The number of pyridine rings is 1. The van der Waals surface area contributed by atoms with Gasteiger partial charge in [0.15, 0.2) is 0 Å². The predicted octanol–water partition coefficient (Wildman–Crippen LogP) is 3.59. The van der Waals surface area contributed by atoms with Gasteiger partial charge in [-0.25, -0.2) is 13.8 Å². The monoisotopic (exact) mass is 255 g/mol. The molecule has 88 valence electrons. The fraction of sp³-hybridized carbons (Fsp3) is 0.0833. The van der Waals surface area contributed by atoms with E-state index in [1.54, 1.807) is 18.3 Å². The van der Waals surface area contributed by atoms with Crippen LogP contribution in [0.5, 0.6) is 5.75 Å². The molecule has 0 saturated carbocycles. The molecular weight excluding hydrogens is 248 g/mol. The number of hydrogen-bond donors (Lipinski definition) is 0. The Hall–Kier alpha value is -1.68. The molecule has 0 radical (unpaired) electrons. The van der Waals surface area contributed by atoms with Gasteiger partial charge in [-0.1, -0.05) is 17.7 Å². The molecule has 0 aliphatic rings. The first kappa shape index (κ1) is 11.8. The van der Waals surface area contributed by atoms with E-state index in [4.69, 9.17) is 16.3 Å². The average Bonchev–Trinajstić information content (AvgIpc) is 2.27. The molecule has 0 N–H and O–H groups in total. The van der Waals surface area contributed by atoms with Gasteiger partial charge in [-0.2, -0.15) is 0 Å². The normalized spacial score (nSPS) is 10.3. The van der Waals surface area contributed by atoms with E-state index in [1.807, 2.05) is 0 Å². The van der Waals surface area contributed by atoms with Gasteiger partial charge in [-0.05, 0) is 6.07 Å². The van der Waals surface area contributed by atoms with Crippen LogP contribution in [0.3, 0.4) is 0 Å². The van der Waals surface area contributed by atoms with Gasteiger partial charge in [-0.15, -0.1) is 0 Å². The first-order valence-electron chi connectivity index (χ1n) is 4.83. The van der Waals surface area contributed by atoms with Crippen molar-refractivity contribution in [1.29, 1.82) is 0 Å². The van der Waals surface area contributed by atoms with Gasteiger partial charge in [0.1, 0.15) is 29.1 Å². The molecule has 1 aromatic carbocycles. The van der Waals surface area contributed by atoms with Crippen molar-refractivity contribution in [3.63, 3.8) is 0 Å². The van der Waals surface area contributed by atoms with E-state index in [9.17, 15) is 8.78 Å². The Bertz CT molecular complexity index is 513. The molecule has 2 nitrogen and oxygen atoms in total. The highest BCUT2D eigenvalue weighted by Crippen LogP contribution is 2.18. The molecule has 0 amide bonds. The lowest BCUT2D eigenvalue weighted by atomic mass is 10.3. The summed E-state index contributed by atoms with van der Waals surface area (Å²) in [6.45, 7) is 0.107. The van der Waals surface area contributed by atoms with E-state index >= 15 is 0 Å². The Balaban J connectivity index is 2.10. The molecule has 0 fully saturated rings. The largest absolute Gasteiger partial charge is 0.489 e. The van der Waals surface area contributed by atoms with Crippen LogP contribution in [0.15, 0.2) is 36.5 Å². The number of benzene rings is 1. The van der Waals surface area contributed by atoms with Crippen LogP contribution in [0.25, 0.3) is 0 Å². The third kappa shape index (κ3) is 3.14. The van der Waals surface area contributed by atoms with Crippen molar-refractivity contribution in [2.75, 3.05) is 0 Å². The number of nitrogens with zero attached hydrogens (tertiary/aromatic N) is 1. The highest BCUT2D eigenvalue weighted by atomic mass is 35.5. The summed E-state index contributed by atoms with van der Waals surface area (Å²) >= 11 is 5.81. The summed E-state index contributed by atoms with van der Waals surface area (Å²) in [6, 6.07) is 6.42. The standard InChI is InChI=1S/C12H8ClF2NO/c13-12-8(2-1-3-16-12)7-17-11-5-9(14)4-10(15)6-11/h1-6H,7H2. The van der Waals surface area contributed by atoms with E-state index in [2.05, 4.69) is 4.98 Å². The molecule has 2 rings (SSSR count). The zero-order valence-corrected chi connectivity index (χ0v) is 9.42. The Labute approximate surface area is 102 Å². The highest BCUT2D eigenvalue weighted by Gasteiger charge is 2.04. The molecule has 0 aliphatic carbocycles. The van der Waals surface area contributed by atoms with Crippen molar-refractivity contribution >= 4 is 11.6 Å². The predicted molar refractivity (Wildman–Crippen MR) is 59.9 cm³/mol. The topological polar surface area (TPSA) is 22.1 Å². The fourth-order valence-corrected chi connectivity index (χ4v) is 1.47. The van der Waals surface area contributed by atoms with Gasteiger partial charge in [0, 0.05) is 30.0 Å². The van der Waals surface area contributed by atoms with Crippen molar-refractivity contribution in [2.45, 2.75) is 6.61 Å². The first-order chi connectivity index (χ1) is 8.15. The van der Waals surface area contributed by atoms with Crippen LogP contribution in [-0.2, 0) is 6.61 Å². The molecule has 1 aromatic heterocycles. The van der Waals surface area contributed by atoms with Gasteiger partial charge in [0.25, 0.3) is 0 Å². The average molecular weight is 256 g/mol. The minimum Gasteiger partial charge on any atom is -0.489 e. The summed E-state index contributed by atoms with van der Waals surface area (Å²) in [5.41, 5.74) is 0.652. The van der Waals surface area contributed by atoms with Gasteiger partial charge in [-0.3, -0.25) is 0 Å². The summed E-state index contributed by atoms with van der Waals surface area (Å²) in [7, 11) is 0. The summed E-state index contributed by atoms with van der Waals surface area (Å²) in [6.07, 6.45) is 1.55. The van der Waals surface area contributed by atoms with E-state index in [1.165, 1.54) is 0 Å². The van der Waals surface area contributed by atoms with Crippen molar-refractivity contribution < 1.29 is 13.5 Å². The third-order valence-corrected chi connectivity index (χ3v) is 2.41. The Morgan fingerprint density at radius 1 is 1.18 bits per heavy atom. The van der Waals surface area contributed by atoms with Crippen LogP contribution in [0.2, 0.25) is 5.15 Å². The molecule has 0 atom stereocenters. The molecule has 0 bridgehead atoms. The minimum absolute atomic E-state index is 0.107. The lowest BCUT2D eigenvalue weighted by molar-refractivity contribution is 0.302. The SMILES string of the molecule is Fc1cc(F)cc(OCc2cccnc2Cl)c1. The Morgan fingerprint density at radius 2 is 1.88 bits per heavy atom. The van der Waals surface area contributed by atoms with Crippen LogP contribution in [0, 0.1) is 11.6 Å². The summed E-state index contributed by atoms with van der Waals surface area (Å²) < 4.78 is 31.0. The van der Waals surface area contributed by atoms with E-state index in [0.29, 0.717) is 10.7 Å². The van der Waals surface area contributed by atoms with E-state index < -0.39 is 11.6 Å². The summed E-state index contributed by atoms with van der Waals surface area (Å²) in [5.74, 6) is -1.25. The Morgan fingerprint density at radius 3 is 2.53 bits per heavy atom. The van der Waals surface area contributed by atoms with Gasteiger partial charge < -0.3 is 4.74 Å². The third-order valence-electron chi connectivity index (χ3n) is 2.07. The molecule has 2 aromatic rings. The number of aromatic nitrogens is 1. The van der Waals surface area contributed by atoms with Gasteiger partial charge in [0.2, 0.25) is 0 Å². The zero-order valence-electron chi connectivity index (χ0n) is 8.66. The molecule has 0 saturated heterocycles. The number of halogens is 3. The van der Waals surface area contributed by atoms with Crippen LogP contribution in [0.1, 0.15) is 5.56 Å². The number of rotatable bonds is 3. The van der Waals surface area contributed by atoms with Gasteiger partial charge in [0.05, 0.1) is 0 Å². The van der Waals surface area contributed by atoms with Crippen molar-refractivity contribution in [2.24, 2.45) is 0 Å². The second-order valence-electron chi connectivity index (χ2n) is 3.35. The van der Waals surface area contributed by atoms with Crippen molar-refractivity contribution in [3.05, 3.63) is 58.9 Å². The lowest BCUT2D eigenvalue weighted by Gasteiger charge is -2.07. The quantitative estimate of drug-likeness (QED) is 0.782. The van der Waals surface area contributed by atoms with E-state index in [-0.39, 0.29) is 12.4 Å². The second kappa shape index (κ2) is 5.10. The molecule has 0 spiro atoms. The second-order valence-corrected chi connectivity index (χ2v) is 3.71. The molecule has 5 heteroatoms. The van der Waals surface area contributed by atoms with Crippen LogP contribution < -0.4 is 4.74 Å². The van der Waals surface area contributed by atoms with Crippen LogP contribution in [-0.4, -0.2) is 4.98 Å². The fourth-order valence-electron chi connectivity index (χ4n) is 1.30. The van der Waals surface area contributed by atoms with Crippen LogP contribution in [0.4, 0.5) is 8.78 Å². The van der Waals surface area contributed by atoms with Crippen LogP contribution >= 0.6 is 11.6 Å². The van der Waals surface area contributed by atoms with Crippen molar-refractivity contribution in [1.82, 2.24) is 4.98 Å². The maximum atomic E-state index is 12.9. The molecule has 0 aliphatic heterocycles. The smallest absolute Gasteiger partial charge is 0.135 e. The maximum absolute atomic E-state index is 12.9. The molecule has 0 unspecified atom stereocenters. The minimum atomic E-state index is -0.683. The lowest BCUT2D eigenvalue weighted by Crippen LogP contribution is -1.98. The first-order valence-corrected chi connectivity index (χ1v) is 5.21. The van der Waals surface area contributed by atoms with E-state index in [0.717, 1.165) is 18.2 Å². The number of ether oxygens (including phenoxy) is 1. The number of hydrogen-bond acceptors (Lipinski definition) is 2. The summed E-state index contributed by atoms with van der Waals surface area (Å²) in [5, 5.41) is 0.310. The zero-order chi connectivity index (χ0) is 12.3. The molecule has 17 heavy (non-hydrogen) atoms. The van der Waals surface area contributed by atoms with Crippen molar-refractivity contribution in [3.8, 4) is 5.75 Å². The molecule has 1 heterocycles. The maximum Gasteiger partial charge on any atom is 0.135 e. The highest BCUT2D eigenvalue weighted by molar-refractivity contribution is 6.30. The summed E-state index contributed by atoms with van der Waals surface area (Å²) in [4.78, 5) is 3.86. The molecular formula is C12H8ClF2NO. The van der Waals surface area contributed by atoms with Gasteiger partial charge >= 0.3 is 0 Å².